The van der Waals surface area contributed by atoms with Gasteiger partial charge in [0.05, 0.1) is 33.7 Å². The summed E-state index contributed by atoms with van der Waals surface area (Å²) in [5.41, 5.74) is 1.40. The molecule has 0 unspecified atom stereocenters. The lowest BCUT2D eigenvalue weighted by atomic mass is 10.2. The topological polar surface area (TPSA) is 200 Å². The number of nitrogens with two attached hydrogens (primary N) is 1. The summed E-state index contributed by atoms with van der Waals surface area (Å²) in [6.07, 6.45) is 4.52. The summed E-state index contributed by atoms with van der Waals surface area (Å²) in [7, 11) is -3.86. The van der Waals surface area contributed by atoms with Crippen LogP contribution in [0, 0.1) is 10.1 Å². The second kappa shape index (κ2) is 14.0. The number of primary sulfonamides is 1. The van der Waals surface area contributed by atoms with Crippen LogP contribution in [0.2, 0.25) is 0 Å². The fraction of sp³-hybridized carbons (Fsp3) is 0.0667. The average molecular weight is 661 g/mol. The van der Waals surface area contributed by atoms with Crippen molar-refractivity contribution in [3.63, 3.8) is 0 Å². The van der Waals surface area contributed by atoms with Gasteiger partial charge in [-0.05, 0) is 78.0 Å². The minimum absolute atomic E-state index is 0.0538. The Morgan fingerprint density at radius 2 is 1.80 bits per heavy atom. The Balaban J connectivity index is 1.31. The number of thioether (sulfide) groups is 1. The number of ether oxygens (including phenoxy) is 1. The van der Waals surface area contributed by atoms with E-state index in [0.717, 1.165) is 11.8 Å². The maximum absolute atomic E-state index is 13.5. The van der Waals surface area contributed by atoms with Gasteiger partial charge in [0.15, 0.2) is 11.8 Å². The van der Waals surface area contributed by atoms with Crippen molar-refractivity contribution in [2.24, 2.45) is 15.3 Å². The molecule has 0 spiro atoms. The minimum atomic E-state index is -3.86. The van der Waals surface area contributed by atoms with Gasteiger partial charge in [0, 0.05) is 23.4 Å². The number of anilines is 1. The molecule has 1 aliphatic heterocycles. The monoisotopic (exact) mass is 660 g/mol. The lowest BCUT2D eigenvalue weighted by Gasteiger charge is -2.12. The summed E-state index contributed by atoms with van der Waals surface area (Å²) in [5.74, 6) is 0.00167. The number of carbonyl (C=O) groups excluding carboxylic acids is 2. The zero-order valence-electron chi connectivity index (χ0n) is 23.7. The number of non-ortho nitro benzene ring substituents is 1. The summed E-state index contributed by atoms with van der Waals surface area (Å²) in [4.78, 5) is 38.1. The third-order valence-electron chi connectivity index (χ3n) is 6.27. The number of carbonyl (C=O) groups is 2. The van der Waals surface area contributed by atoms with Crippen molar-refractivity contribution in [2.45, 2.75) is 11.4 Å². The number of para-hydroxylation sites is 1. The highest BCUT2D eigenvalue weighted by atomic mass is 32.2. The standard InChI is InChI=1S/C30H24N6O8S2/c31-46(41,42)25-13-9-22(10-14-25)33-28(37)19-44-26-6-2-1-4-21(26)16-27-29(38)35(18-24-5-3-15-43-24)30(45-27)34-32-17-20-7-11-23(12-8-20)36(39)40/h1-17H,18-19H2,(H,33,37)(H2,31,41,42)/b27-16-,32-17-,34-30+. The summed E-state index contributed by atoms with van der Waals surface area (Å²) in [5, 5.41) is 27.2. The average Bonchev–Trinajstić information content (AvgIpc) is 3.65. The van der Waals surface area contributed by atoms with E-state index in [4.69, 9.17) is 14.3 Å². The van der Waals surface area contributed by atoms with E-state index in [9.17, 15) is 28.1 Å². The molecule has 2 amide bonds. The number of benzene rings is 3. The predicted molar refractivity (Wildman–Crippen MR) is 171 cm³/mol. The van der Waals surface area contributed by atoms with Crippen LogP contribution in [0.4, 0.5) is 11.4 Å². The maximum Gasteiger partial charge on any atom is 0.269 e. The van der Waals surface area contributed by atoms with Gasteiger partial charge in [-0.15, -0.1) is 5.10 Å². The van der Waals surface area contributed by atoms with E-state index in [0.29, 0.717) is 33.2 Å². The van der Waals surface area contributed by atoms with Crippen LogP contribution in [0.15, 0.2) is 116 Å². The van der Waals surface area contributed by atoms with Gasteiger partial charge in [-0.1, -0.05) is 18.2 Å². The molecule has 3 aromatic carbocycles. The highest BCUT2D eigenvalue weighted by molar-refractivity contribution is 8.18. The molecule has 0 atom stereocenters. The molecule has 4 aromatic rings. The molecular weight excluding hydrogens is 636 g/mol. The molecule has 14 nitrogen and oxygen atoms in total. The molecule has 1 aliphatic rings. The molecule has 2 heterocycles. The van der Waals surface area contributed by atoms with E-state index >= 15 is 0 Å². The molecule has 0 bridgehead atoms. The molecule has 0 saturated carbocycles. The third-order valence-corrected chi connectivity index (χ3v) is 8.19. The molecule has 234 valence electrons. The second-order valence-electron chi connectivity index (χ2n) is 9.50. The number of amides is 2. The fourth-order valence-corrected chi connectivity index (χ4v) is 5.49. The van der Waals surface area contributed by atoms with Crippen LogP contribution in [-0.4, -0.2) is 48.0 Å². The number of amidine groups is 1. The Morgan fingerprint density at radius 1 is 1.07 bits per heavy atom. The van der Waals surface area contributed by atoms with Crippen LogP contribution in [0.25, 0.3) is 6.08 Å². The van der Waals surface area contributed by atoms with Crippen LogP contribution in [0.3, 0.4) is 0 Å². The lowest BCUT2D eigenvalue weighted by Crippen LogP contribution is -2.28. The summed E-state index contributed by atoms with van der Waals surface area (Å²) in [6.45, 7) is -0.272. The van der Waals surface area contributed by atoms with Crippen LogP contribution >= 0.6 is 11.8 Å². The van der Waals surface area contributed by atoms with Crippen LogP contribution < -0.4 is 15.2 Å². The Morgan fingerprint density at radius 3 is 2.48 bits per heavy atom. The van der Waals surface area contributed by atoms with Crippen molar-refractivity contribution in [1.29, 1.82) is 0 Å². The number of sulfonamides is 1. The molecule has 46 heavy (non-hydrogen) atoms. The Labute approximate surface area is 266 Å². The molecule has 5 rings (SSSR count). The first-order valence-electron chi connectivity index (χ1n) is 13.3. The number of hydrogen-bond donors (Lipinski definition) is 2. The zero-order chi connectivity index (χ0) is 32.7. The molecule has 3 N–H and O–H groups in total. The Hall–Kier alpha value is -5.58. The van der Waals surface area contributed by atoms with E-state index in [1.54, 1.807) is 42.5 Å². The number of furan rings is 1. The van der Waals surface area contributed by atoms with Gasteiger partial charge in [0.1, 0.15) is 11.5 Å². The van der Waals surface area contributed by atoms with Crippen molar-refractivity contribution in [2.75, 3.05) is 11.9 Å². The van der Waals surface area contributed by atoms with Gasteiger partial charge < -0.3 is 14.5 Å². The van der Waals surface area contributed by atoms with Crippen LogP contribution in [0.5, 0.6) is 5.75 Å². The first-order valence-corrected chi connectivity index (χ1v) is 15.7. The molecule has 16 heteroatoms. The molecule has 1 saturated heterocycles. The van der Waals surface area contributed by atoms with E-state index in [1.165, 1.54) is 65.9 Å². The number of rotatable bonds is 11. The zero-order valence-corrected chi connectivity index (χ0v) is 25.3. The van der Waals surface area contributed by atoms with Gasteiger partial charge in [0.2, 0.25) is 10.0 Å². The van der Waals surface area contributed by atoms with Crippen molar-refractivity contribution in [3.05, 3.63) is 123 Å². The van der Waals surface area contributed by atoms with Crippen LogP contribution in [0.1, 0.15) is 16.9 Å². The highest BCUT2D eigenvalue weighted by Gasteiger charge is 2.34. The van der Waals surface area contributed by atoms with Crippen molar-refractivity contribution in [1.82, 2.24) is 4.90 Å². The SMILES string of the molecule is NS(=O)(=O)c1ccc(NC(=O)COc2ccccc2/C=C2\S/C(=N/N=C\c3ccc([N+](=O)[O-])cc3)N(Cc3ccco3)C2=O)cc1. The maximum atomic E-state index is 13.5. The summed E-state index contributed by atoms with van der Waals surface area (Å²) in [6, 6.07) is 21.4. The van der Waals surface area contributed by atoms with Gasteiger partial charge in [-0.2, -0.15) is 5.10 Å². The highest BCUT2D eigenvalue weighted by Crippen LogP contribution is 2.35. The molecular formula is C30H24N6O8S2. The first-order chi connectivity index (χ1) is 22.1. The number of nitro groups is 1. The van der Waals surface area contributed by atoms with Crippen molar-refractivity contribution >= 4 is 62.4 Å². The van der Waals surface area contributed by atoms with Crippen LogP contribution in [-0.2, 0) is 26.2 Å². The number of hydrogen-bond acceptors (Lipinski definition) is 11. The molecule has 0 aliphatic carbocycles. The summed E-state index contributed by atoms with van der Waals surface area (Å²) < 4.78 is 34.1. The van der Waals surface area contributed by atoms with E-state index in [1.807, 2.05) is 0 Å². The lowest BCUT2D eigenvalue weighted by molar-refractivity contribution is -0.384. The van der Waals surface area contributed by atoms with E-state index in [-0.39, 0.29) is 34.8 Å². The minimum Gasteiger partial charge on any atom is -0.483 e. The largest absolute Gasteiger partial charge is 0.483 e. The van der Waals surface area contributed by atoms with Crippen molar-refractivity contribution < 1.29 is 32.1 Å². The van der Waals surface area contributed by atoms with Gasteiger partial charge in [0.25, 0.3) is 17.5 Å². The second-order valence-corrected chi connectivity index (χ2v) is 12.1. The number of nitrogens with one attached hydrogen (secondary N) is 1. The number of nitro benzene ring substituents is 1. The van der Waals surface area contributed by atoms with Gasteiger partial charge in [-0.3, -0.25) is 24.6 Å². The third kappa shape index (κ3) is 8.12. The van der Waals surface area contributed by atoms with Gasteiger partial charge >= 0.3 is 0 Å². The first kappa shape index (κ1) is 31.8. The predicted octanol–water partition coefficient (Wildman–Crippen LogP) is 4.36. The van der Waals surface area contributed by atoms with Gasteiger partial charge in [-0.25, -0.2) is 13.6 Å². The quantitative estimate of drug-likeness (QED) is 0.101. The Kier molecular flexibility index (Phi) is 9.70. The molecule has 1 fully saturated rings. The van der Waals surface area contributed by atoms with E-state index < -0.39 is 20.9 Å². The normalized spacial score (nSPS) is 15.2. The van der Waals surface area contributed by atoms with E-state index in [2.05, 4.69) is 15.5 Å². The fourth-order valence-electron chi connectivity index (χ4n) is 4.05. The smallest absolute Gasteiger partial charge is 0.269 e. The summed E-state index contributed by atoms with van der Waals surface area (Å²) >= 11 is 1.08. The number of nitrogens with zero attached hydrogens (tertiary/aromatic N) is 4. The van der Waals surface area contributed by atoms with Crippen molar-refractivity contribution in [3.8, 4) is 5.75 Å². The Bertz CT molecular complexity index is 1960. The molecule has 0 radical (unpaired) electrons. The molecule has 1 aromatic heterocycles.